The van der Waals surface area contributed by atoms with Crippen LogP contribution in [0.15, 0.2) is 23.2 Å². The summed E-state index contributed by atoms with van der Waals surface area (Å²) in [5.41, 5.74) is 7.75. The summed E-state index contributed by atoms with van der Waals surface area (Å²) in [6, 6.07) is 5.81. The highest BCUT2D eigenvalue weighted by molar-refractivity contribution is 7.99. The van der Waals surface area contributed by atoms with Crippen LogP contribution in [-0.2, 0) is 0 Å². The molecule has 3 rings (SSSR count). The largest absolute Gasteiger partial charge is 0.368 e. The van der Waals surface area contributed by atoms with E-state index in [1.807, 2.05) is 53.1 Å². The van der Waals surface area contributed by atoms with Gasteiger partial charge in [0.25, 0.3) is 0 Å². The molecule has 0 spiro atoms. The predicted molar refractivity (Wildman–Crippen MR) is 101 cm³/mol. The zero-order chi connectivity index (χ0) is 18.8. The number of hydrogen-bond donors (Lipinski definition) is 1. The number of nitrogen functional groups attached to an aromatic ring is 1. The number of aryl methyl sites for hydroxylation is 2. The Kier molecular flexibility index (Phi) is 5.03. The van der Waals surface area contributed by atoms with E-state index in [2.05, 4.69) is 30.2 Å². The summed E-state index contributed by atoms with van der Waals surface area (Å²) >= 11 is 1.51. The Morgan fingerprint density at radius 3 is 2.46 bits per heavy atom. The number of nitrogens with two attached hydrogens (primary N) is 1. The normalized spacial score (nSPS) is 12.2. The van der Waals surface area contributed by atoms with Crippen molar-refractivity contribution in [3.8, 4) is 5.82 Å². The summed E-state index contributed by atoms with van der Waals surface area (Å²) < 4.78 is 1.77. The second kappa shape index (κ2) is 7.24. The van der Waals surface area contributed by atoms with Crippen LogP contribution in [0.1, 0.15) is 29.4 Å². The lowest BCUT2D eigenvalue weighted by molar-refractivity contribution is 0.764. The molecule has 0 aliphatic carbocycles. The lowest BCUT2D eigenvalue weighted by Gasteiger charge is -2.14. The van der Waals surface area contributed by atoms with Gasteiger partial charge < -0.3 is 10.6 Å². The minimum Gasteiger partial charge on any atom is -0.368 e. The minimum atomic E-state index is -0.0483. The van der Waals surface area contributed by atoms with E-state index in [1.54, 1.807) is 9.58 Å². The first kappa shape index (κ1) is 18.1. The van der Waals surface area contributed by atoms with Crippen LogP contribution in [0.5, 0.6) is 0 Å². The Morgan fingerprint density at radius 2 is 1.88 bits per heavy atom. The summed E-state index contributed by atoms with van der Waals surface area (Å²) in [5.74, 6) is 2.03. The third-order valence-electron chi connectivity index (χ3n) is 3.57. The first-order valence-electron chi connectivity index (χ1n) is 8.06. The average molecular weight is 371 g/mol. The molecule has 0 amide bonds. The molecule has 3 aromatic rings. The summed E-state index contributed by atoms with van der Waals surface area (Å²) in [5, 5.41) is 13.7. The van der Waals surface area contributed by atoms with Crippen molar-refractivity contribution >= 4 is 23.7 Å². The Hall–Kier alpha value is -2.75. The second-order valence-corrected chi connectivity index (χ2v) is 7.44. The van der Waals surface area contributed by atoms with Crippen LogP contribution in [0, 0.1) is 13.8 Å². The monoisotopic (exact) mass is 371 g/mol. The Labute approximate surface area is 156 Å². The SMILES string of the molecule is Cc1cc(C)n(-c2ccc(S[C@@H](C)c3nc(N)nc(N(C)C)n3)nn2)n1. The number of thioether (sulfide) groups is 1. The molecule has 0 bridgehead atoms. The quantitative estimate of drug-likeness (QED) is 0.673. The molecule has 0 fully saturated rings. The molecular formula is C16H21N9S. The van der Waals surface area contributed by atoms with Gasteiger partial charge in [-0.25, -0.2) is 4.68 Å². The summed E-state index contributed by atoms with van der Waals surface area (Å²) in [6.07, 6.45) is 0. The predicted octanol–water partition coefficient (Wildman–Crippen LogP) is 1.97. The summed E-state index contributed by atoms with van der Waals surface area (Å²) in [7, 11) is 3.72. The number of aromatic nitrogens is 7. The molecule has 0 saturated heterocycles. The molecule has 0 aromatic carbocycles. The highest BCUT2D eigenvalue weighted by atomic mass is 32.2. The molecule has 0 aliphatic heterocycles. The van der Waals surface area contributed by atoms with E-state index in [1.165, 1.54) is 11.8 Å². The van der Waals surface area contributed by atoms with Gasteiger partial charge in [0.05, 0.1) is 10.9 Å². The number of nitrogens with zero attached hydrogens (tertiary/aromatic N) is 8. The zero-order valence-corrected chi connectivity index (χ0v) is 16.2. The lowest BCUT2D eigenvalue weighted by Crippen LogP contribution is -2.16. The molecule has 1 atom stereocenters. The molecule has 9 nitrogen and oxygen atoms in total. The van der Waals surface area contributed by atoms with Gasteiger partial charge in [0.2, 0.25) is 11.9 Å². The smallest absolute Gasteiger partial charge is 0.229 e. The maximum atomic E-state index is 5.79. The molecule has 3 heterocycles. The highest BCUT2D eigenvalue weighted by Crippen LogP contribution is 2.32. The van der Waals surface area contributed by atoms with Gasteiger partial charge in [-0.3, -0.25) is 0 Å². The molecule has 3 aromatic heterocycles. The van der Waals surface area contributed by atoms with Gasteiger partial charge in [-0.2, -0.15) is 20.1 Å². The van der Waals surface area contributed by atoms with Crippen LogP contribution >= 0.6 is 11.8 Å². The Bertz CT molecular complexity index is 905. The Morgan fingerprint density at radius 1 is 1.12 bits per heavy atom. The van der Waals surface area contributed by atoms with Gasteiger partial charge >= 0.3 is 0 Å². The van der Waals surface area contributed by atoms with Crippen molar-refractivity contribution in [2.24, 2.45) is 0 Å². The standard InChI is InChI=1S/C16H21N9S/c1-9-8-10(2)25(23-9)12-6-7-13(22-21-12)26-11(3)14-18-15(17)20-16(19-14)24(4)5/h6-8,11H,1-5H3,(H2,17,18,19,20)/t11-/m0/s1. The molecule has 0 aliphatic rings. The van der Waals surface area contributed by atoms with E-state index < -0.39 is 0 Å². The molecule has 0 radical (unpaired) electrons. The first-order valence-corrected chi connectivity index (χ1v) is 8.94. The molecular weight excluding hydrogens is 350 g/mol. The van der Waals surface area contributed by atoms with Crippen molar-refractivity contribution in [1.29, 1.82) is 0 Å². The molecule has 26 heavy (non-hydrogen) atoms. The van der Waals surface area contributed by atoms with Crippen molar-refractivity contribution in [3.05, 3.63) is 35.4 Å². The van der Waals surface area contributed by atoms with Gasteiger partial charge in [-0.1, -0.05) is 11.8 Å². The lowest BCUT2D eigenvalue weighted by atomic mass is 10.4. The van der Waals surface area contributed by atoms with Crippen molar-refractivity contribution in [1.82, 2.24) is 34.9 Å². The average Bonchev–Trinajstić information content (AvgIpc) is 2.93. The van der Waals surface area contributed by atoms with Crippen LogP contribution in [-0.4, -0.2) is 49.0 Å². The van der Waals surface area contributed by atoms with Gasteiger partial charge in [0.1, 0.15) is 10.9 Å². The summed E-state index contributed by atoms with van der Waals surface area (Å²) in [4.78, 5) is 14.6. The van der Waals surface area contributed by atoms with E-state index in [0.717, 1.165) is 16.4 Å². The fourth-order valence-corrected chi connectivity index (χ4v) is 3.17. The topological polar surface area (TPSA) is 112 Å². The minimum absolute atomic E-state index is 0.0483. The third kappa shape index (κ3) is 3.90. The maximum Gasteiger partial charge on any atom is 0.229 e. The van der Waals surface area contributed by atoms with E-state index in [-0.39, 0.29) is 11.2 Å². The van der Waals surface area contributed by atoms with Gasteiger partial charge in [-0.05, 0) is 39.0 Å². The van der Waals surface area contributed by atoms with Gasteiger partial charge in [0, 0.05) is 19.8 Å². The van der Waals surface area contributed by atoms with Crippen molar-refractivity contribution in [2.45, 2.75) is 31.0 Å². The van der Waals surface area contributed by atoms with Crippen LogP contribution in [0.2, 0.25) is 0 Å². The second-order valence-electron chi connectivity index (χ2n) is 6.07. The third-order valence-corrected chi connectivity index (χ3v) is 4.60. The van der Waals surface area contributed by atoms with Crippen LogP contribution in [0.4, 0.5) is 11.9 Å². The maximum absolute atomic E-state index is 5.79. The molecule has 0 saturated carbocycles. The van der Waals surface area contributed by atoms with E-state index in [9.17, 15) is 0 Å². The van der Waals surface area contributed by atoms with Crippen LogP contribution in [0.25, 0.3) is 5.82 Å². The number of rotatable bonds is 5. The van der Waals surface area contributed by atoms with Crippen LogP contribution < -0.4 is 10.6 Å². The Balaban J connectivity index is 1.78. The molecule has 2 N–H and O–H groups in total. The van der Waals surface area contributed by atoms with E-state index in [4.69, 9.17) is 5.73 Å². The summed E-state index contributed by atoms with van der Waals surface area (Å²) in [6.45, 7) is 5.93. The molecule has 10 heteroatoms. The van der Waals surface area contributed by atoms with Gasteiger partial charge in [0.15, 0.2) is 5.82 Å². The highest BCUT2D eigenvalue weighted by Gasteiger charge is 2.16. The number of hydrogen-bond acceptors (Lipinski definition) is 9. The first-order chi connectivity index (χ1) is 12.3. The fraction of sp³-hybridized carbons (Fsp3) is 0.375. The molecule has 0 unspecified atom stereocenters. The van der Waals surface area contributed by atoms with E-state index in [0.29, 0.717) is 17.6 Å². The number of anilines is 2. The van der Waals surface area contributed by atoms with Crippen LogP contribution in [0.3, 0.4) is 0 Å². The zero-order valence-electron chi connectivity index (χ0n) is 15.4. The fourth-order valence-electron chi connectivity index (χ4n) is 2.36. The molecule has 136 valence electrons. The van der Waals surface area contributed by atoms with Crippen molar-refractivity contribution < 1.29 is 0 Å². The van der Waals surface area contributed by atoms with E-state index >= 15 is 0 Å². The van der Waals surface area contributed by atoms with Gasteiger partial charge in [-0.15, -0.1) is 10.2 Å². The van der Waals surface area contributed by atoms with Crippen molar-refractivity contribution in [2.75, 3.05) is 24.7 Å². The van der Waals surface area contributed by atoms with Crippen molar-refractivity contribution in [3.63, 3.8) is 0 Å².